The molecule has 30 heavy (non-hydrogen) atoms. The number of hydrogen-bond donors (Lipinski definition) is 1. The van der Waals surface area contributed by atoms with Gasteiger partial charge in [-0.25, -0.2) is 0 Å². The molecule has 2 aromatic rings. The zero-order valence-corrected chi connectivity index (χ0v) is 19.4. The van der Waals surface area contributed by atoms with Crippen LogP contribution in [0.4, 0.5) is 0 Å². The van der Waals surface area contributed by atoms with E-state index in [1.54, 1.807) is 16.7 Å². The summed E-state index contributed by atoms with van der Waals surface area (Å²) >= 11 is 1.68. The molecule has 0 heterocycles. The van der Waals surface area contributed by atoms with E-state index in [2.05, 4.69) is 36.5 Å². The summed E-state index contributed by atoms with van der Waals surface area (Å²) in [6, 6.07) is 17.9. The van der Waals surface area contributed by atoms with Crippen molar-refractivity contribution in [3.05, 3.63) is 65.7 Å². The summed E-state index contributed by atoms with van der Waals surface area (Å²) < 4.78 is 0. The number of nitrogens with one attached hydrogen (secondary N) is 1. The van der Waals surface area contributed by atoms with E-state index in [0.717, 1.165) is 16.9 Å². The van der Waals surface area contributed by atoms with Crippen LogP contribution in [0.25, 0.3) is 0 Å². The van der Waals surface area contributed by atoms with E-state index < -0.39 is 6.04 Å². The lowest BCUT2D eigenvalue weighted by Gasteiger charge is -2.31. The minimum atomic E-state index is -0.462. The van der Waals surface area contributed by atoms with Crippen LogP contribution in [0.15, 0.2) is 59.5 Å². The molecular formula is C25H34N2O2S. The van der Waals surface area contributed by atoms with Crippen molar-refractivity contribution in [2.45, 2.75) is 70.5 Å². The summed E-state index contributed by atoms with van der Waals surface area (Å²) in [4.78, 5) is 29.0. The van der Waals surface area contributed by atoms with Crippen molar-refractivity contribution in [2.24, 2.45) is 0 Å². The van der Waals surface area contributed by atoms with Crippen molar-refractivity contribution in [3.8, 4) is 0 Å². The van der Waals surface area contributed by atoms with Gasteiger partial charge in [-0.3, -0.25) is 9.59 Å². The number of aryl methyl sites for hydroxylation is 1. The summed E-state index contributed by atoms with van der Waals surface area (Å²) in [7, 11) is 0. The zero-order valence-electron chi connectivity index (χ0n) is 18.6. The van der Waals surface area contributed by atoms with Crippen LogP contribution in [0.3, 0.4) is 0 Å². The van der Waals surface area contributed by atoms with Crippen LogP contribution in [-0.2, 0) is 16.1 Å². The van der Waals surface area contributed by atoms with Crippen LogP contribution < -0.4 is 5.32 Å². The summed E-state index contributed by atoms with van der Waals surface area (Å²) in [5.41, 5.74) is 2.26. The molecule has 0 saturated carbocycles. The highest BCUT2D eigenvalue weighted by molar-refractivity contribution is 7.99. The molecule has 0 saturated heterocycles. The Hall–Kier alpha value is -2.27. The lowest BCUT2D eigenvalue weighted by atomic mass is 10.1. The Morgan fingerprint density at radius 2 is 1.67 bits per heavy atom. The molecule has 0 bridgehead atoms. The predicted molar refractivity (Wildman–Crippen MR) is 125 cm³/mol. The number of carbonyl (C=O) groups excluding carboxylic acids is 2. The van der Waals surface area contributed by atoms with E-state index in [-0.39, 0.29) is 17.9 Å². The molecule has 2 amide bonds. The highest BCUT2D eigenvalue weighted by atomic mass is 32.2. The van der Waals surface area contributed by atoms with E-state index in [0.29, 0.717) is 25.1 Å². The molecule has 0 aromatic heterocycles. The molecule has 0 radical (unpaired) electrons. The third-order valence-corrected chi connectivity index (χ3v) is 6.20. The second kappa shape index (κ2) is 12.4. The van der Waals surface area contributed by atoms with Gasteiger partial charge >= 0.3 is 0 Å². The van der Waals surface area contributed by atoms with Crippen molar-refractivity contribution >= 4 is 23.6 Å². The largest absolute Gasteiger partial charge is 0.352 e. The number of rotatable bonds is 11. The predicted octanol–water partition coefficient (Wildman–Crippen LogP) is 5.20. The third kappa shape index (κ3) is 7.52. The maximum Gasteiger partial charge on any atom is 0.243 e. The van der Waals surface area contributed by atoms with E-state index in [9.17, 15) is 9.59 Å². The number of thioether (sulfide) groups is 1. The van der Waals surface area contributed by atoms with Crippen LogP contribution in [0.1, 0.15) is 51.2 Å². The Morgan fingerprint density at radius 3 is 2.27 bits per heavy atom. The molecule has 0 fully saturated rings. The number of benzene rings is 2. The first-order valence-electron chi connectivity index (χ1n) is 10.8. The lowest BCUT2D eigenvalue weighted by Crippen LogP contribution is -2.50. The molecule has 5 heteroatoms. The van der Waals surface area contributed by atoms with Crippen molar-refractivity contribution in [1.29, 1.82) is 0 Å². The van der Waals surface area contributed by atoms with Crippen LogP contribution in [-0.4, -0.2) is 34.6 Å². The second-order valence-corrected chi connectivity index (χ2v) is 8.83. The van der Waals surface area contributed by atoms with Crippen molar-refractivity contribution in [2.75, 3.05) is 5.75 Å². The molecule has 0 aliphatic rings. The van der Waals surface area contributed by atoms with Crippen LogP contribution in [0, 0.1) is 6.92 Å². The number of carbonyl (C=O) groups is 2. The fourth-order valence-electron chi connectivity index (χ4n) is 3.18. The molecule has 0 unspecified atom stereocenters. The SMILES string of the molecule is CC[C@@H](C)NC(=O)[C@@H](CC)N(Cc1ccccc1)C(=O)CCSc1ccc(C)cc1. The standard InChI is InChI=1S/C25H34N2O2S/c1-5-20(4)26-25(29)23(6-2)27(18-21-10-8-7-9-11-21)24(28)16-17-30-22-14-12-19(3)13-15-22/h7-15,20,23H,5-6,16-18H2,1-4H3,(H,26,29)/t20-,23-/m1/s1. The summed E-state index contributed by atoms with van der Waals surface area (Å²) in [5, 5.41) is 3.05. The van der Waals surface area contributed by atoms with Gasteiger partial charge in [0.1, 0.15) is 6.04 Å². The Kier molecular flexibility index (Phi) is 9.95. The molecular weight excluding hydrogens is 392 g/mol. The van der Waals surface area contributed by atoms with E-state index in [4.69, 9.17) is 0 Å². The Balaban J connectivity index is 2.09. The van der Waals surface area contributed by atoms with Gasteiger partial charge in [0.05, 0.1) is 0 Å². The van der Waals surface area contributed by atoms with E-state index >= 15 is 0 Å². The van der Waals surface area contributed by atoms with Gasteiger partial charge in [-0.15, -0.1) is 11.8 Å². The Morgan fingerprint density at radius 1 is 1.00 bits per heavy atom. The third-order valence-electron chi connectivity index (χ3n) is 5.19. The first-order chi connectivity index (χ1) is 14.4. The average Bonchev–Trinajstić information content (AvgIpc) is 2.75. The van der Waals surface area contributed by atoms with Gasteiger partial charge in [0, 0.05) is 29.7 Å². The van der Waals surface area contributed by atoms with Crippen LogP contribution in [0.5, 0.6) is 0 Å². The molecule has 1 N–H and O–H groups in total. The number of amides is 2. The van der Waals surface area contributed by atoms with Crippen LogP contribution in [0.2, 0.25) is 0 Å². The minimum Gasteiger partial charge on any atom is -0.352 e. The van der Waals surface area contributed by atoms with Crippen molar-refractivity contribution in [3.63, 3.8) is 0 Å². The van der Waals surface area contributed by atoms with E-state index in [1.807, 2.05) is 51.1 Å². The van der Waals surface area contributed by atoms with Crippen molar-refractivity contribution < 1.29 is 9.59 Å². The summed E-state index contributed by atoms with van der Waals surface area (Å²) in [5.74, 6) is 0.642. The highest BCUT2D eigenvalue weighted by Gasteiger charge is 2.28. The maximum atomic E-state index is 13.2. The summed E-state index contributed by atoms with van der Waals surface area (Å²) in [6.45, 7) is 8.51. The number of nitrogens with zero attached hydrogens (tertiary/aromatic N) is 1. The van der Waals surface area contributed by atoms with Gasteiger partial charge < -0.3 is 10.2 Å². The van der Waals surface area contributed by atoms with Crippen molar-refractivity contribution in [1.82, 2.24) is 10.2 Å². The molecule has 2 atom stereocenters. The molecule has 162 valence electrons. The Bertz CT molecular complexity index is 793. The topological polar surface area (TPSA) is 49.4 Å². The highest BCUT2D eigenvalue weighted by Crippen LogP contribution is 2.21. The fourth-order valence-corrected chi connectivity index (χ4v) is 4.02. The second-order valence-electron chi connectivity index (χ2n) is 7.66. The molecule has 0 aliphatic heterocycles. The monoisotopic (exact) mass is 426 g/mol. The molecule has 0 spiro atoms. The van der Waals surface area contributed by atoms with Gasteiger partial charge in [0.2, 0.25) is 11.8 Å². The maximum absolute atomic E-state index is 13.2. The quantitative estimate of drug-likeness (QED) is 0.503. The molecule has 4 nitrogen and oxygen atoms in total. The smallest absolute Gasteiger partial charge is 0.243 e. The molecule has 2 aromatic carbocycles. The average molecular weight is 427 g/mol. The van der Waals surface area contributed by atoms with Gasteiger partial charge in [-0.05, 0) is 44.4 Å². The Labute approximate surface area is 185 Å². The number of hydrogen-bond acceptors (Lipinski definition) is 3. The normalized spacial score (nSPS) is 12.8. The van der Waals surface area contributed by atoms with Gasteiger partial charge in [0.15, 0.2) is 0 Å². The first-order valence-corrected chi connectivity index (χ1v) is 11.8. The summed E-state index contributed by atoms with van der Waals surface area (Å²) in [6.07, 6.45) is 1.85. The van der Waals surface area contributed by atoms with Gasteiger partial charge in [-0.1, -0.05) is 61.9 Å². The molecule has 2 rings (SSSR count). The van der Waals surface area contributed by atoms with E-state index in [1.165, 1.54) is 5.56 Å². The van der Waals surface area contributed by atoms with Gasteiger partial charge in [0.25, 0.3) is 0 Å². The minimum absolute atomic E-state index is 0.0182. The molecule has 0 aliphatic carbocycles. The van der Waals surface area contributed by atoms with Crippen LogP contribution >= 0.6 is 11.8 Å². The lowest BCUT2D eigenvalue weighted by molar-refractivity contribution is -0.141. The first kappa shape index (κ1) is 24.0. The fraction of sp³-hybridized carbons (Fsp3) is 0.440. The van der Waals surface area contributed by atoms with Gasteiger partial charge in [-0.2, -0.15) is 0 Å². The zero-order chi connectivity index (χ0) is 21.9.